The highest BCUT2D eigenvalue weighted by atomic mass is 19.1. The summed E-state index contributed by atoms with van der Waals surface area (Å²) in [5.74, 6) is -2.00. The van der Waals surface area contributed by atoms with Gasteiger partial charge in [-0.05, 0) is 57.2 Å². The third kappa shape index (κ3) is 3.99. The topological polar surface area (TPSA) is 92.3 Å². The fourth-order valence-electron chi connectivity index (χ4n) is 3.75. The number of aryl methyl sites for hydroxylation is 1. The first-order valence-corrected chi connectivity index (χ1v) is 10.1. The standard InChI is InChI=1S/C24H21FN4O3/c1-13-8-21-20(11-26-13)19-9-17(25)10-27-23(19)14(2)24(32)29(21)12-22(31)28-18-6-4-16(5-7-18)15(3)30/h4-11,14H,12H2,1-3H3,(H,28,31)/t14-/m1/s1. The second-order valence-electron chi connectivity index (χ2n) is 7.76. The summed E-state index contributed by atoms with van der Waals surface area (Å²) in [6.45, 7) is 4.68. The summed E-state index contributed by atoms with van der Waals surface area (Å²) in [6, 6.07) is 9.55. The number of nitrogens with one attached hydrogen (secondary N) is 1. The van der Waals surface area contributed by atoms with Crippen molar-refractivity contribution in [1.82, 2.24) is 9.97 Å². The van der Waals surface area contributed by atoms with Gasteiger partial charge in [0.2, 0.25) is 11.8 Å². The van der Waals surface area contributed by atoms with Gasteiger partial charge >= 0.3 is 0 Å². The molecule has 0 saturated carbocycles. The van der Waals surface area contributed by atoms with Crippen molar-refractivity contribution in [3.63, 3.8) is 0 Å². The number of ketones is 1. The Hall–Kier alpha value is -3.94. The quantitative estimate of drug-likeness (QED) is 0.632. The van der Waals surface area contributed by atoms with Crippen molar-refractivity contribution in [1.29, 1.82) is 0 Å². The zero-order chi connectivity index (χ0) is 23.0. The molecule has 0 bridgehead atoms. The highest BCUT2D eigenvalue weighted by molar-refractivity contribution is 6.09. The number of fused-ring (bicyclic) bond motifs is 3. The van der Waals surface area contributed by atoms with Crippen molar-refractivity contribution < 1.29 is 18.8 Å². The van der Waals surface area contributed by atoms with Gasteiger partial charge in [-0.1, -0.05) is 0 Å². The first kappa shape index (κ1) is 21.3. The van der Waals surface area contributed by atoms with Crippen molar-refractivity contribution in [2.45, 2.75) is 26.7 Å². The number of hydrogen-bond donors (Lipinski definition) is 1. The summed E-state index contributed by atoms with van der Waals surface area (Å²) in [4.78, 5) is 47.4. The lowest BCUT2D eigenvalue weighted by molar-refractivity contribution is -0.122. The maximum atomic E-state index is 14.0. The summed E-state index contributed by atoms with van der Waals surface area (Å²) in [5.41, 5.74) is 3.63. The molecule has 1 aliphatic rings. The van der Waals surface area contributed by atoms with Gasteiger partial charge in [-0.15, -0.1) is 0 Å². The molecular weight excluding hydrogens is 411 g/mol. The second kappa shape index (κ2) is 8.30. The Balaban J connectivity index is 1.68. The molecular formula is C24H21FN4O3. The number of anilines is 2. The van der Waals surface area contributed by atoms with Crippen LogP contribution in [0.1, 0.15) is 41.5 Å². The Morgan fingerprint density at radius 2 is 1.81 bits per heavy atom. The molecule has 4 rings (SSSR count). The Morgan fingerprint density at radius 3 is 2.50 bits per heavy atom. The molecule has 3 aromatic rings. The Labute approximate surface area is 184 Å². The Morgan fingerprint density at radius 1 is 1.09 bits per heavy atom. The van der Waals surface area contributed by atoms with Crippen LogP contribution in [0.15, 0.2) is 48.8 Å². The molecule has 7 nitrogen and oxygen atoms in total. The summed E-state index contributed by atoms with van der Waals surface area (Å²) >= 11 is 0. The average Bonchev–Trinajstić information content (AvgIpc) is 2.83. The molecule has 1 aromatic carbocycles. The zero-order valence-electron chi connectivity index (χ0n) is 17.8. The maximum absolute atomic E-state index is 14.0. The van der Waals surface area contributed by atoms with E-state index in [1.807, 2.05) is 0 Å². The van der Waals surface area contributed by atoms with Crippen molar-refractivity contribution in [2.75, 3.05) is 16.8 Å². The van der Waals surface area contributed by atoms with E-state index < -0.39 is 17.6 Å². The summed E-state index contributed by atoms with van der Waals surface area (Å²) in [7, 11) is 0. The second-order valence-corrected chi connectivity index (χ2v) is 7.76. The average molecular weight is 432 g/mol. The molecule has 0 unspecified atom stereocenters. The number of benzene rings is 1. The predicted molar refractivity (Wildman–Crippen MR) is 118 cm³/mol. The first-order valence-electron chi connectivity index (χ1n) is 10.1. The molecule has 0 saturated heterocycles. The summed E-state index contributed by atoms with van der Waals surface area (Å²) in [5, 5.41) is 2.75. The predicted octanol–water partition coefficient (Wildman–Crippen LogP) is 3.88. The van der Waals surface area contributed by atoms with E-state index in [2.05, 4.69) is 15.3 Å². The zero-order valence-corrected chi connectivity index (χ0v) is 17.8. The van der Waals surface area contributed by atoms with Gasteiger partial charge in [0, 0.05) is 34.3 Å². The monoisotopic (exact) mass is 432 g/mol. The van der Waals surface area contributed by atoms with Crippen LogP contribution in [0.25, 0.3) is 11.1 Å². The Kier molecular flexibility index (Phi) is 5.52. The van der Waals surface area contributed by atoms with E-state index in [0.29, 0.717) is 39.5 Å². The van der Waals surface area contributed by atoms with Crippen molar-refractivity contribution in [3.05, 3.63) is 71.6 Å². The molecule has 0 radical (unpaired) electrons. The number of carbonyl (C=O) groups is 3. The largest absolute Gasteiger partial charge is 0.325 e. The van der Waals surface area contributed by atoms with Crippen LogP contribution in [-0.2, 0) is 9.59 Å². The van der Waals surface area contributed by atoms with E-state index in [1.165, 1.54) is 17.9 Å². The lowest BCUT2D eigenvalue weighted by Gasteiger charge is -2.24. The Bertz CT molecular complexity index is 1240. The number of nitrogens with zero attached hydrogens (tertiary/aromatic N) is 3. The number of hydrogen-bond acceptors (Lipinski definition) is 5. The fraction of sp³-hybridized carbons (Fsp3) is 0.208. The molecule has 2 aromatic heterocycles. The molecule has 32 heavy (non-hydrogen) atoms. The van der Waals surface area contributed by atoms with Crippen LogP contribution in [0.4, 0.5) is 15.8 Å². The van der Waals surface area contributed by atoms with Crippen molar-refractivity contribution in [3.8, 4) is 11.1 Å². The summed E-state index contributed by atoms with van der Waals surface area (Å²) in [6.07, 6.45) is 2.65. The lowest BCUT2D eigenvalue weighted by atomic mass is 9.98. The lowest BCUT2D eigenvalue weighted by Crippen LogP contribution is -2.40. The first-order chi connectivity index (χ1) is 15.2. The van der Waals surface area contributed by atoms with Gasteiger partial charge in [0.1, 0.15) is 12.4 Å². The van der Waals surface area contributed by atoms with Gasteiger partial charge in [-0.2, -0.15) is 0 Å². The summed E-state index contributed by atoms with van der Waals surface area (Å²) < 4.78 is 14.0. The molecule has 8 heteroatoms. The molecule has 0 fully saturated rings. The van der Waals surface area contributed by atoms with Crippen LogP contribution < -0.4 is 10.2 Å². The van der Waals surface area contributed by atoms with Crippen LogP contribution in [0.3, 0.4) is 0 Å². The number of amides is 2. The van der Waals surface area contributed by atoms with E-state index >= 15 is 0 Å². The molecule has 0 aliphatic carbocycles. The number of halogens is 1. The molecule has 162 valence electrons. The highest BCUT2D eigenvalue weighted by Gasteiger charge is 2.34. The molecule has 1 aliphatic heterocycles. The third-order valence-electron chi connectivity index (χ3n) is 5.41. The van der Waals surface area contributed by atoms with Crippen LogP contribution in [-0.4, -0.2) is 34.1 Å². The van der Waals surface area contributed by atoms with Gasteiger partial charge in [0.05, 0.1) is 23.5 Å². The normalized spacial score (nSPS) is 14.9. The molecule has 2 amide bonds. The number of aromatic nitrogens is 2. The van der Waals surface area contributed by atoms with E-state index in [1.54, 1.807) is 50.4 Å². The SMILES string of the molecule is CC(=O)c1ccc(NC(=O)CN2C(=O)[C@H](C)c3ncc(F)cc3-c3cnc(C)cc32)cc1. The van der Waals surface area contributed by atoms with E-state index in [-0.39, 0.29) is 18.2 Å². The minimum Gasteiger partial charge on any atom is -0.325 e. The van der Waals surface area contributed by atoms with E-state index in [9.17, 15) is 18.8 Å². The molecule has 1 atom stereocenters. The maximum Gasteiger partial charge on any atom is 0.244 e. The van der Waals surface area contributed by atoms with E-state index in [4.69, 9.17) is 0 Å². The number of rotatable bonds is 4. The minimum atomic E-state index is -0.680. The van der Waals surface area contributed by atoms with Gasteiger partial charge in [0.15, 0.2) is 5.78 Å². The van der Waals surface area contributed by atoms with Crippen LogP contribution in [0.2, 0.25) is 0 Å². The van der Waals surface area contributed by atoms with Gasteiger partial charge in [-0.3, -0.25) is 24.4 Å². The van der Waals surface area contributed by atoms with Crippen LogP contribution >= 0.6 is 0 Å². The highest BCUT2D eigenvalue weighted by Crippen LogP contribution is 2.40. The third-order valence-corrected chi connectivity index (χ3v) is 5.41. The smallest absolute Gasteiger partial charge is 0.244 e. The van der Waals surface area contributed by atoms with Crippen molar-refractivity contribution >= 4 is 29.0 Å². The van der Waals surface area contributed by atoms with Crippen LogP contribution in [0, 0.1) is 12.7 Å². The van der Waals surface area contributed by atoms with Gasteiger partial charge in [0.25, 0.3) is 0 Å². The van der Waals surface area contributed by atoms with Crippen molar-refractivity contribution in [2.24, 2.45) is 0 Å². The fourth-order valence-corrected chi connectivity index (χ4v) is 3.75. The van der Waals surface area contributed by atoms with Gasteiger partial charge in [-0.25, -0.2) is 4.39 Å². The molecule has 0 spiro atoms. The van der Waals surface area contributed by atoms with Crippen LogP contribution in [0.5, 0.6) is 0 Å². The van der Waals surface area contributed by atoms with Gasteiger partial charge < -0.3 is 10.2 Å². The molecule has 1 N–H and O–H groups in total. The molecule has 3 heterocycles. The number of Topliss-reactive ketones (excluding diaryl/α,β-unsaturated/α-hetero) is 1. The minimum absolute atomic E-state index is 0.0720. The number of pyridine rings is 2. The number of carbonyl (C=O) groups excluding carboxylic acids is 3. The van der Waals surface area contributed by atoms with E-state index in [0.717, 1.165) is 6.20 Å².